The van der Waals surface area contributed by atoms with Crippen LogP contribution in [0.25, 0.3) is 0 Å². The molecule has 0 spiro atoms. The van der Waals surface area contributed by atoms with E-state index in [4.69, 9.17) is 16.3 Å². The Balaban J connectivity index is 1.49. The third-order valence-corrected chi connectivity index (χ3v) is 5.25. The van der Waals surface area contributed by atoms with Gasteiger partial charge in [0.15, 0.2) is 5.96 Å². The van der Waals surface area contributed by atoms with Gasteiger partial charge in [-0.1, -0.05) is 41.9 Å². The molecule has 0 saturated carbocycles. The molecule has 0 fully saturated rings. The quantitative estimate of drug-likeness (QED) is 0.425. The lowest BCUT2D eigenvalue weighted by atomic mass is 10.1. The van der Waals surface area contributed by atoms with Crippen LogP contribution in [0.15, 0.2) is 59.9 Å². The summed E-state index contributed by atoms with van der Waals surface area (Å²) in [5.74, 6) is 2.54. The van der Waals surface area contributed by atoms with Crippen LogP contribution in [0.2, 0.25) is 5.02 Å². The monoisotopic (exact) mass is 425 g/mol. The summed E-state index contributed by atoms with van der Waals surface area (Å²) in [6, 6.07) is 14.3. The largest absolute Gasteiger partial charge is 0.497 e. The molecule has 1 heterocycles. The third-order valence-electron chi connectivity index (χ3n) is 4.90. The van der Waals surface area contributed by atoms with Crippen molar-refractivity contribution >= 4 is 17.6 Å². The number of rotatable bonds is 8. The zero-order chi connectivity index (χ0) is 21.3. The van der Waals surface area contributed by atoms with Crippen LogP contribution in [-0.4, -0.2) is 36.2 Å². The average molecular weight is 426 g/mol. The number of aliphatic imine (C=N–C) groups is 1. The zero-order valence-electron chi connectivity index (χ0n) is 17.7. The first-order chi connectivity index (χ1) is 14.6. The number of aromatic nitrogens is 2. The third kappa shape index (κ3) is 6.00. The van der Waals surface area contributed by atoms with E-state index in [-0.39, 0.29) is 0 Å². The highest BCUT2D eigenvalue weighted by Gasteiger charge is 2.05. The Hall–Kier alpha value is -2.99. The van der Waals surface area contributed by atoms with E-state index in [2.05, 4.69) is 49.4 Å². The number of nitrogens with zero attached hydrogens (tertiary/aromatic N) is 3. The van der Waals surface area contributed by atoms with E-state index in [0.717, 1.165) is 42.6 Å². The molecule has 0 unspecified atom stereocenters. The standard InChI is InChI=1S/C23H28ClN5O/c1-17-26-11-12-29(17)16-19-6-4-5-18(13-19)15-28-23(25-2)27-10-9-20-7-8-21(30-3)14-22(20)24/h4-8,11-14H,9-10,15-16H2,1-3H3,(H2,25,27,28). The minimum atomic E-state index is 0.694. The van der Waals surface area contributed by atoms with Gasteiger partial charge >= 0.3 is 0 Å². The number of imidazole rings is 1. The molecule has 0 aliphatic carbocycles. The highest BCUT2D eigenvalue weighted by atomic mass is 35.5. The Morgan fingerprint density at radius 2 is 2.00 bits per heavy atom. The Morgan fingerprint density at radius 3 is 2.70 bits per heavy atom. The lowest BCUT2D eigenvalue weighted by molar-refractivity contribution is 0.414. The fourth-order valence-electron chi connectivity index (χ4n) is 3.19. The summed E-state index contributed by atoms with van der Waals surface area (Å²) >= 11 is 6.31. The van der Waals surface area contributed by atoms with Gasteiger partial charge in [0.25, 0.3) is 0 Å². The number of ether oxygens (including phenoxy) is 1. The predicted molar refractivity (Wildman–Crippen MR) is 122 cm³/mol. The second-order valence-electron chi connectivity index (χ2n) is 6.98. The van der Waals surface area contributed by atoms with E-state index in [0.29, 0.717) is 11.6 Å². The Kier molecular flexibility index (Phi) is 7.74. The summed E-state index contributed by atoms with van der Waals surface area (Å²) in [4.78, 5) is 8.59. The molecule has 3 aromatic rings. The Bertz CT molecular complexity index is 999. The number of guanidine groups is 1. The molecule has 2 aromatic carbocycles. The first-order valence-electron chi connectivity index (χ1n) is 9.91. The van der Waals surface area contributed by atoms with Gasteiger partial charge in [0.05, 0.1) is 7.11 Å². The maximum atomic E-state index is 6.31. The maximum Gasteiger partial charge on any atom is 0.191 e. The van der Waals surface area contributed by atoms with Crippen molar-refractivity contribution in [1.29, 1.82) is 0 Å². The zero-order valence-corrected chi connectivity index (χ0v) is 18.4. The number of aryl methyl sites for hydroxylation is 1. The summed E-state index contributed by atoms with van der Waals surface area (Å²) < 4.78 is 7.33. The van der Waals surface area contributed by atoms with Crippen molar-refractivity contribution in [2.75, 3.05) is 20.7 Å². The van der Waals surface area contributed by atoms with Crippen LogP contribution in [0.1, 0.15) is 22.5 Å². The Labute approximate surface area is 183 Å². The fourth-order valence-corrected chi connectivity index (χ4v) is 3.45. The summed E-state index contributed by atoms with van der Waals surface area (Å²) in [6.07, 6.45) is 4.62. The molecular formula is C23H28ClN5O. The van der Waals surface area contributed by atoms with Crippen LogP contribution < -0.4 is 15.4 Å². The van der Waals surface area contributed by atoms with Gasteiger partial charge in [-0.05, 0) is 42.2 Å². The molecule has 0 saturated heterocycles. The van der Waals surface area contributed by atoms with Gasteiger partial charge in [-0.25, -0.2) is 4.98 Å². The van der Waals surface area contributed by atoms with E-state index in [9.17, 15) is 0 Å². The van der Waals surface area contributed by atoms with Gasteiger partial charge in [0, 0.05) is 44.1 Å². The van der Waals surface area contributed by atoms with Crippen molar-refractivity contribution < 1.29 is 4.74 Å². The first-order valence-corrected chi connectivity index (χ1v) is 10.3. The highest BCUT2D eigenvalue weighted by molar-refractivity contribution is 6.31. The van der Waals surface area contributed by atoms with Crippen molar-refractivity contribution in [2.45, 2.75) is 26.4 Å². The van der Waals surface area contributed by atoms with Crippen LogP contribution in [0.4, 0.5) is 0 Å². The minimum absolute atomic E-state index is 0.694. The van der Waals surface area contributed by atoms with Gasteiger partial charge in [0.2, 0.25) is 0 Å². The SMILES string of the molecule is CN=C(NCCc1ccc(OC)cc1Cl)NCc1cccc(Cn2ccnc2C)c1. The van der Waals surface area contributed by atoms with Crippen molar-refractivity contribution in [1.82, 2.24) is 20.2 Å². The van der Waals surface area contributed by atoms with E-state index >= 15 is 0 Å². The van der Waals surface area contributed by atoms with Crippen LogP contribution >= 0.6 is 11.6 Å². The number of benzene rings is 2. The highest BCUT2D eigenvalue weighted by Crippen LogP contribution is 2.22. The first kappa shape index (κ1) is 21.7. The number of methoxy groups -OCH3 is 1. The van der Waals surface area contributed by atoms with Gasteiger partial charge in [0.1, 0.15) is 11.6 Å². The molecule has 3 rings (SSSR count). The summed E-state index contributed by atoms with van der Waals surface area (Å²) in [5.41, 5.74) is 3.52. The summed E-state index contributed by atoms with van der Waals surface area (Å²) in [5, 5.41) is 7.42. The molecule has 0 aliphatic rings. The van der Waals surface area contributed by atoms with Crippen LogP contribution in [-0.2, 0) is 19.5 Å². The summed E-state index contributed by atoms with van der Waals surface area (Å²) in [6.45, 7) is 4.25. The van der Waals surface area contributed by atoms with Crippen LogP contribution in [0, 0.1) is 6.92 Å². The molecule has 0 atom stereocenters. The molecule has 0 amide bonds. The van der Waals surface area contributed by atoms with Crippen molar-refractivity contribution in [3.05, 3.63) is 82.4 Å². The van der Waals surface area contributed by atoms with E-state index < -0.39 is 0 Å². The second-order valence-corrected chi connectivity index (χ2v) is 7.39. The van der Waals surface area contributed by atoms with Gasteiger partial charge < -0.3 is 19.9 Å². The fraction of sp³-hybridized carbons (Fsp3) is 0.304. The lowest BCUT2D eigenvalue weighted by Crippen LogP contribution is -2.37. The smallest absolute Gasteiger partial charge is 0.191 e. The number of hydrogen-bond donors (Lipinski definition) is 2. The molecule has 158 valence electrons. The number of halogens is 1. The topological polar surface area (TPSA) is 63.5 Å². The van der Waals surface area contributed by atoms with Crippen LogP contribution in [0.5, 0.6) is 5.75 Å². The van der Waals surface area contributed by atoms with E-state index in [1.807, 2.05) is 37.5 Å². The summed E-state index contributed by atoms with van der Waals surface area (Å²) in [7, 11) is 3.41. The molecule has 30 heavy (non-hydrogen) atoms. The molecule has 0 bridgehead atoms. The normalized spacial score (nSPS) is 11.4. The van der Waals surface area contributed by atoms with Crippen molar-refractivity contribution in [3.63, 3.8) is 0 Å². The van der Waals surface area contributed by atoms with Gasteiger partial charge in [-0.3, -0.25) is 4.99 Å². The van der Waals surface area contributed by atoms with Crippen LogP contribution in [0.3, 0.4) is 0 Å². The van der Waals surface area contributed by atoms with Gasteiger partial charge in [-0.2, -0.15) is 0 Å². The average Bonchev–Trinajstić information content (AvgIpc) is 3.16. The number of hydrogen-bond acceptors (Lipinski definition) is 3. The molecule has 6 nitrogen and oxygen atoms in total. The lowest BCUT2D eigenvalue weighted by Gasteiger charge is -2.13. The molecule has 0 aliphatic heterocycles. The minimum Gasteiger partial charge on any atom is -0.497 e. The Morgan fingerprint density at radius 1 is 1.17 bits per heavy atom. The maximum absolute atomic E-state index is 6.31. The molecule has 2 N–H and O–H groups in total. The predicted octanol–water partition coefficient (Wildman–Crippen LogP) is 3.81. The molecule has 7 heteroatoms. The molecule has 0 radical (unpaired) electrons. The number of nitrogens with one attached hydrogen (secondary N) is 2. The van der Waals surface area contributed by atoms with Crippen molar-refractivity contribution in [2.24, 2.45) is 4.99 Å². The molecule has 1 aromatic heterocycles. The van der Waals surface area contributed by atoms with Gasteiger partial charge in [-0.15, -0.1) is 0 Å². The van der Waals surface area contributed by atoms with Crippen molar-refractivity contribution in [3.8, 4) is 5.75 Å². The second kappa shape index (κ2) is 10.7. The molecular weight excluding hydrogens is 398 g/mol. The van der Waals surface area contributed by atoms with E-state index in [1.54, 1.807) is 14.2 Å². The van der Waals surface area contributed by atoms with E-state index in [1.165, 1.54) is 11.1 Å².